The molecule has 0 aromatic carbocycles. The smallest absolute Gasteiger partial charge is 0.239 e. The van der Waals surface area contributed by atoms with Crippen molar-refractivity contribution in [3.8, 4) is 0 Å². The van der Waals surface area contributed by atoms with E-state index < -0.39 is 6.04 Å². The summed E-state index contributed by atoms with van der Waals surface area (Å²) in [4.78, 5) is 13.6. The number of nitrogens with zero attached hydrogens (tertiary/aromatic N) is 1. The molecule has 0 aromatic heterocycles. The molecule has 0 radical (unpaired) electrons. The van der Waals surface area contributed by atoms with Crippen molar-refractivity contribution in [2.45, 2.75) is 38.3 Å². The van der Waals surface area contributed by atoms with Crippen molar-refractivity contribution < 1.29 is 9.53 Å². The number of likely N-dealkylation sites (tertiary alicyclic amines) is 1. The molecular formula is C10H20N2O2. The SMILES string of the molecule is COC[C@@H]1CCCCN1C(=O)[C@@H](C)N. The van der Waals surface area contributed by atoms with Crippen molar-refractivity contribution in [2.24, 2.45) is 5.73 Å². The average molecular weight is 200 g/mol. The minimum absolute atomic E-state index is 0.0479. The molecule has 14 heavy (non-hydrogen) atoms. The lowest BCUT2D eigenvalue weighted by Gasteiger charge is -2.36. The van der Waals surface area contributed by atoms with Crippen LogP contribution in [0.1, 0.15) is 26.2 Å². The standard InChI is InChI=1S/C10H20N2O2/c1-8(11)10(13)12-6-4-3-5-9(12)7-14-2/h8-9H,3-7,11H2,1-2H3/t8-,9+/m1/s1. The fourth-order valence-electron chi connectivity index (χ4n) is 1.92. The van der Waals surface area contributed by atoms with E-state index >= 15 is 0 Å². The summed E-state index contributed by atoms with van der Waals surface area (Å²) in [6.45, 7) is 3.19. The maximum absolute atomic E-state index is 11.7. The van der Waals surface area contributed by atoms with Crippen LogP contribution in [0.3, 0.4) is 0 Å². The molecule has 1 fully saturated rings. The number of nitrogens with two attached hydrogens (primary N) is 1. The van der Waals surface area contributed by atoms with Gasteiger partial charge in [0.25, 0.3) is 0 Å². The summed E-state index contributed by atoms with van der Waals surface area (Å²) in [7, 11) is 1.67. The van der Waals surface area contributed by atoms with Crippen LogP contribution in [-0.2, 0) is 9.53 Å². The molecular weight excluding hydrogens is 180 g/mol. The quantitative estimate of drug-likeness (QED) is 0.715. The van der Waals surface area contributed by atoms with Crippen molar-refractivity contribution in [2.75, 3.05) is 20.3 Å². The number of ether oxygens (including phenoxy) is 1. The minimum Gasteiger partial charge on any atom is -0.383 e. The lowest BCUT2D eigenvalue weighted by molar-refractivity contribution is -0.137. The second-order valence-electron chi connectivity index (χ2n) is 3.93. The number of rotatable bonds is 3. The molecule has 0 spiro atoms. The highest BCUT2D eigenvalue weighted by Gasteiger charge is 2.27. The molecule has 4 heteroatoms. The highest BCUT2D eigenvalue weighted by molar-refractivity contribution is 5.81. The van der Waals surface area contributed by atoms with Crippen molar-refractivity contribution in [1.29, 1.82) is 0 Å². The lowest BCUT2D eigenvalue weighted by atomic mass is 10.0. The summed E-state index contributed by atoms with van der Waals surface area (Å²) in [5, 5.41) is 0. The summed E-state index contributed by atoms with van der Waals surface area (Å²) in [6, 6.07) is -0.167. The van der Waals surface area contributed by atoms with E-state index in [1.54, 1.807) is 14.0 Å². The Morgan fingerprint density at radius 2 is 2.36 bits per heavy atom. The molecule has 1 saturated heterocycles. The third kappa shape index (κ3) is 2.69. The maximum atomic E-state index is 11.7. The third-order valence-corrected chi connectivity index (χ3v) is 2.66. The van der Waals surface area contributed by atoms with Crippen LogP contribution >= 0.6 is 0 Å². The van der Waals surface area contributed by atoms with Gasteiger partial charge in [-0.05, 0) is 26.2 Å². The molecule has 2 atom stereocenters. The van der Waals surface area contributed by atoms with E-state index in [9.17, 15) is 4.79 Å². The molecule has 1 aliphatic rings. The van der Waals surface area contributed by atoms with Gasteiger partial charge in [-0.15, -0.1) is 0 Å². The van der Waals surface area contributed by atoms with E-state index in [1.807, 2.05) is 4.90 Å². The van der Waals surface area contributed by atoms with Gasteiger partial charge in [-0.25, -0.2) is 0 Å². The zero-order chi connectivity index (χ0) is 10.6. The monoisotopic (exact) mass is 200 g/mol. The van der Waals surface area contributed by atoms with Crippen LogP contribution in [0.25, 0.3) is 0 Å². The van der Waals surface area contributed by atoms with E-state index in [2.05, 4.69) is 0 Å². The predicted octanol–water partition coefficient (Wildman–Crippen LogP) is 0.361. The molecule has 0 bridgehead atoms. The molecule has 0 saturated carbocycles. The number of hydrogen-bond donors (Lipinski definition) is 1. The maximum Gasteiger partial charge on any atom is 0.239 e. The van der Waals surface area contributed by atoms with Gasteiger partial charge >= 0.3 is 0 Å². The first-order valence-corrected chi connectivity index (χ1v) is 5.21. The second kappa shape index (κ2) is 5.32. The van der Waals surface area contributed by atoms with E-state index in [1.165, 1.54) is 6.42 Å². The van der Waals surface area contributed by atoms with Crippen LogP contribution in [0.4, 0.5) is 0 Å². The predicted molar refractivity (Wildman–Crippen MR) is 54.9 cm³/mol. The highest BCUT2D eigenvalue weighted by atomic mass is 16.5. The van der Waals surface area contributed by atoms with E-state index in [0.717, 1.165) is 19.4 Å². The fraction of sp³-hybridized carbons (Fsp3) is 0.900. The molecule has 0 unspecified atom stereocenters. The van der Waals surface area contributed by atoms with Crippen molar-refractivity contribution in [3.63, 3.8) is 0 Å². The fourth-order valence-corrected chi connectivity index (χ4v) is 1.92. The van der Waals surface area contributed by atoms with Crippen LogP contribution in [0.2, 0.25) is 0 Å². The minimum atomic E-state index is -0.396. The average Bonchev–Trinajstić information content (AvgIpc) is 2.18. The Morgan fingerprint density at radius 1 is 1.64 bits per heavy atom. The van der Waals surface area contributed by atoms with Gasteiger partial charge in [-0.1, -0.05) is 0 Å². The van der Waals surface area contributed by atoms with Gasteiger partial charge in [0.2, 0.25) is 5.91 Å². The molecule has 2 N–H and O–H groups in total. The zero-order valence-corrected chi connectivity index (χ0v) is 9.03. The Hall–Kier alpha value is -0.610. The van der Waals surface area contributed by atoms with Crippen LogP contribution < -0.4 is 5.73 Å². The molecule has 0 aromatic rings. The number of hydrogen-bond acceptors (Lipinski definition) is 3. The molecule has 82 valence electrons. The molecule has 4 nitrogen and oxygen atoms in total. The van der Waals surface area contributed by atoms with Gasteiger partial charge in [-0.3, -0.25) is 4.79 Å². The number of carbonyl (C=O) groups excluding carboxylic acids is 1. The Labute approximate surface area is 85.4 Å². The topological polar surface area (TPSA) is 55.6 Å². The molecule has 1 rings (SSSR count). The first-order valence-electron chi connectivity index (χ1n) is 5.21. The number of methoxy groups -OCH3 is 1. The van der Waals surface area contributed by atoms with Crippen molar-refractivity contribution in [3.05, 3.63) is 0 Å². The Bertz CT molecular complexity index is 193. The van der Waals surface area contributed by atoms with Crippen LogP contribution in [0.15, 0.2) is 0 Å². The Kier molecular flexibility index (Phi) is 4.35. The largest absolute Gasteiger partial charge is 0.383 e. The van der Waals surface area contributed by atoms with Crippen LogP contribution in [-0.4, -0.2) is 43.2 Å². The normalized spacial score (nSPS) is 24.8. The number of piperidine rings is 1. The van der Waals surface area contributed by atoms with Crippen LogP contribution in [0, 0.1) is 0 Å². The van der Waals surface area contributed by atoms with Crippen LogP contribution in [0.5, 0.6) is 0 Å². The zero-order valence-electron chi connectivity index (χ0n) is 9.03. The van der Waals surface area contributed by atoms with E-state index in [4.69, 9.17) is 10.5 Å². The summed E-state index contributed by atoms with van der Waals surface area (Å²) >= 11 is 0. The summed E-state index contributed by atoms with van der Waals surface area (Å²) in [6.07, 6.45) is 3.29. The van der Waals surface area contributed by atoms with Gasteiger partial charge < -0.3 is 15.4 Å². The van der Waals surface area contributed by atoms with E-state index in [-0.39, 0.29) is 11.9 Å². The van der Waals surface area contributed by atoms with Gasteiger partial charge in [0, 0.05) is 13.7 Å². The Balaban J connectivity index is 2.57. The first kappa shape index (κ1) is 11.5. The second-order valence-corrected chi connectivity index (χ2v) is 3.93. The molecule has 1 heterocycles. The molecule has 1 aliphatic heterocycles. The lowest BCUT2D eigenvalue weighted by Crippen LogP contribution is -2.51. The highest BCUT2D eigenvalue weighted by Crippen LogP contribution is 2.17. The van der Waals surface area contributed by atoms with E-state index in [0.29, 0.717) is 6.61 Å². The summed E-state index contributed by atoms with van der Waals surface area (Å²) < 4.78 is 5.11. The third-order valence-electron chi connectivity index (χ3n) is 2.66. The van der Waals surface area contributed by atoms with Gasteiger partial charge in [-0.2, -0.15) is 0 Å². The first-order chi connectivity index (χ1) is 6.66. The van der Waals surface area contributed by atoms with Gasteiger partial charge in [0.1, 0.15) is 0 Å². The summed E-state index contributed by atoms with van der Waals surface area (Å²) in [5.41, 5.74) is 5.59. The molecule has 1 amide bonds. The Morgan fingerprint density at radius 3 is 2.93 bits per heavy atom. The van der Waals surface area contributed by atoms with Crippen molar-refractivity contribution in [1.82, 2.24) is 4.90 Å². The van der Waals surface area contributed by atoms with Crippen molar-refractivity contribution >= 4 is 5.91 Å². The summed E-state index contributed by atoms with van der Waals surface area (Å²) in [5.74, 6) is 0.0479. The van der Waals surface area contributed by atoms with Gasteiger partial charge in [0.05, 0.1) is 18.7 Å². The van der Waals surface area contributed by atoms with Gasteiger partial charge in [0.15, 0.2) is 0 Å². The number of carbonyl (C=O) groups is 1. The molecule has 0 aliphatic carbocycles. The number of amides is 1.